The van der Waals surface area contributed by atoms with Crippen molar-refractivity contribution in [2.45, 2.75) is 42.8 Å². The van der Waals surface area contributed by atoms with Crippen molar-refractivity contribution in [1.29, 1.82) is 0 Å². The average molecular weight is 349 g/mol. The van der Waals surface area contributed by atoms with Gasteiger partial charge in [-0.3, -0.25) is 0 Å². The first-order valence-corrected chi connectivity index (χ1v) is 8.99. The van der Waals surface area contributed by atoms with Gasteiger partial charge in [-0.25, -0.2) is 13.1 Å². The fraction of sp³-hybridized carbons (Fsp3) is 0.600. The van der Waals surface area contributed by atoms with E-state index in [0.29, 0.717) is 19.6 Å². The van der Waals surface area contributed by atoms with E-state index in [1.54, 1.807) is 0 Å². The molecule has 0 radical (unpaired) electrons. The summed E-state index contributed by atoms with van der Waals surface area (Å²) >= 11 is 0. The Morgan fingerprint density at radius 1 is 1.13 bits per heavy atom. The summed E-state index contributed by atoms with van der Waals surface area (Å²) in [6, 6.07) is 3.96. The van der Waals surface area contributed by atoms with Crippen LogP contribution >= 0.6 is 0 Å². The van der Waals surface area contributed by atoms with Gasteiger partial charge < -0.3 is 4.74 Å². The number of nitrogens with one attached hydrogen (secondary N) is 1. The van der Waals surface area contributed by atoms with Crippen molar-refractivity contribution in [3.05, 3.63) is 29.8 Å². The van der Waals surface area contributed by atoms with Gasteiger partial charge in [-0.2, -0.15) is 13.2 Å². The SMILES string of the molecule is O=S(=O)(NC1CCC12CCOCC2)c1ccccc1C(F)(F)F. The van der Waals surface area contributed by atoms with Crippen LogP contribution in [0, 0.1) is 5.41 Å². The smallest absolute Gasteiger partial charge is 0.381 e. The van der Waals surface area contributed by atoms with Crippen LogP contribution in [0.1, 0.15) is 31.2 Å². The van der Waals surface area contributed by atoms with Crippen molar-refractivity contribution in [3.8, 4) is 0 Å². The van der Waals surface area contributed by atoms with Crippen LogP contribution in [0.5, 0.6) is 0 Å². The third kappa shape index (κ3) is 3.12. The molecular weight excluding hydrogens is 331 g/mol. The van der Waals surface area contributed by atoms with Gasteiger partial charge in [0.2, 0.25) is 10.0 Å². The summed E-state index contributed by atoms with van der Waals surface area (Å²) in [6.45, 7) is 1.13. The minimum atomic E-state index is -4.71. The van der Waals surface area contributed by atoms with Crippen molar-refractivity contribution in [1.82, 2.24) is 4.72 Å². The topological polar surface area (TPSA) is 55.4 Å². The van der Waals surface area contributed by atoms with Gasteiger partial charge in [0.25, 0.3) is 0 Å². The third-order valence-corrected chi connectivity index (χ3v) is 6.47. The van der Waals surface area contributed by atoms with Crippen LogP contribution in [0.4, 0.5) is 13.2 Å². The predicted molar refractivity (Wildman–Crippen MR) is 77.3 cm³/mol. The van der Waals surface area contributed by atoms with Crippen molar-refractivity contribution in [2.24, 2.45) is 5.41 Å². The maximum absolute atomic E-state index is 13.1. The lowest BCUT2D eigenvalue weighted by atomic mass is 9.60. The number of sulfonamides is 1. The summed E-state index contributed by atoms with van der Waals surface area (Å²) in [7, 11) is -4.22. The first-order valence-electron chi connectivity index (χ1n) is 7.51. The molecule has 0 aromatic heterocycles. The van der Waals surface area contributed by atoms with E-state index < -0.39 is 26.7 Å². The second-order valence-electron chi connectivity index (χ2n) is 6.18. The molecule has 23 heavy (non-hydrogen) atoms. The molecule has 1 aromatic carbocycles. The summed E-state index contributed by atoms with van der Waals surface area (Å²) in [5.74, 6) is 0. The molecule has 1 aliphatic carbocycles. The second kappa shape index (κ2) is 5.75. The van der Waals surface area contributed by atoms with Crippen LogP contribution in [0.25, 0.3) is 0 Å². The highest BCUT2D eigenvalue weighted by Gasteiger charge is 2.49. The highest BCUT2D eigenvalue weighted by molar-refractivity contribution is 7.89. The van der Waals surface area contributed by atoms with E-state index in [9.17, 15) is 21.6 Å². The quantitative estimate of drug-likeness (QED) is 0.913. The monoisotopic (exact) mass is 349 g/mol. The van der Waals surface area contributed by atoms with Crippen molar-refractivity contribution < 1.29 is 26.3 Å². The second-order valence-corrected chi connectivity index (χ2v) is 7.86. The summed E-state index contributed by atoms with van der Waals surface area (Å²) < 4.78 is 71.9. The Hall–Kier alpha value is -1.12. The van der Waals surface area contributed by atoms with E-state index in [2.05, 4.69) is 4.72 Å². The first kappa shape index (κ1) is 16.7. The Morgan fingerprint density at radius 2 is 1.78 bits per heavy atom. The zero-order valence-electron chi connectivity index (χ0n) is 12.4. The normalized spacial score (nSPS) is 24.4. The zero-order chi connectivity index (χ0) is 16.7. The van der Waals surface area contributed by atoms with Gasteiger partial charge in [-0.1, -0.05) is 12.1 Å². The van der Waals surface area contributed by atoms with Crippen LogP contribution in [-0.4, -0.2) is 27.7 Å². The molecule has 1 saturated heterocycles. The molecule has 4 nitrogen and oxygen atoms in total. The lowest BCUT2D eigenvalue weighted by Gasteiger charge is -2.51. The molecular formula is C15H18F3NO3S. The van der Waals surface area contributed by atoms with E-state index in [1.165, 1.54) is 12.1 Å². The molecule has 1 saturated carbocycles. The van der Waals surface area contributed by atoms with Gasteiger partial charge in [0, 0.05) is 19.3 Å². The van der Waals surface area contributed by atoms with Crippen molar-refractivity contribution in [2.75, 3.05) is 13.2 Å². The molecule has 3 rings (SSSR count). The molecule has 1 aliphatic heterocycles. The third-order valence-electron chi connectivity index (χ3n) is 4.94. The molecule has 1 atom stereocenters. The maximum atomic E-state index is 13.1. The fourth-order valence-corrected chi connectivity index (χ4v) is 5.04. The molecule has 0 amide bonds. The van der Waals surface area contributed by atoms with Gasteiger partial charge in [-0.05, 0) is 43.2 Å². The Labute approximate surface area is 133 Å². The number of hydrogen-bond acceptors (Lipinski definition) is 3. The lowest BCUT2D eigenvalue weighted by molar-refractivity contribution is -0.139. The average Bonchev–Trinajstić information content (AvgIpc) is 2.52. The fourth-order valence-electron chi connectivity index (χ4n) is 3.44. The van der Waals surface area contributed by atoms with E-state index in [1.807, 2.05) is 0 Å². The molecule has 2 aliphatic rings. The Kier molecular flexibility index (Phi) is 4.18. The maximum Gasteiger partial charge on any atom is 0.417 e. The Balaban J connectivity index is 1.86. The van der Waals surface area contributed by atoms with Gasteiger partial charge in [-0.15, -0.1) is 0 Å². The molecule has 2 fully saturated rings. The van der Waals surface area contributed by atoms with Crippen molar-refractivity contribution >= 4 is 10.0 Å². The summed E-state index contributed by atoms with van der Waals surface area (Å²) in [5, 5.41) is 0. The first-order chi connectivity index (χ1) is 10.7. The number of rotatable bonds is 3. The molecule has 1 N–H and O–H groups in total. The standard InChI is InChI=1S/C15H18F3NO3S/c16-15(17,18)11-3-1-2-4-12(11)23(20,21)19-13-5-6-14(13)7-9-22-10-8-14/h1-4,13,19H,5-10H2. The summed E-state index contributed by atoms with van der Waals surface area (Å²) in [5.41, 5.74) is -1.30. The molecule has 1 unspecified atom stereocenters. The molecule has 1 spiro atoms. The van der Waals surface area contributed by atoms with Gasteiger partial charge in [0.1, 0.15) is 0 Å². The highest BCUT2D eigenvalue weighted by Crippen LogP contribution is 2.49. The largest absolute Gasteiger partial charge is 0.417 e. The number of hydrogen-bond donors (Lipinski definition) is 1. The minimum absolute atomic E-state index is 0.168. The Morgan fingerprint density at radius 3 is 2.35 bits per heavy atom. The number of alkyl halides is 3. The predicted octanol–water partition coefficient (Wildman–Crippen LogP) is 2.94. The van der Waals surface area contributed by atoms with E-state index in [-0.39, 0.29) is 11.5 Å². The van der Waals surface area contributed by atoms with E-state index in [0.717, 1.165) is 31.4 Å². The van der Waals surface area contributed by atoms with Crippen LogP contribution in [-0.2, 0) is 20.9 Å². The van der Waals surface area contributed by atoms with E-state index >= 15 is 0 Å². The van der Waals surface area contributed by atoms with Crippen LogP contribution in [0.2, 0.25) is 0 Å². The van der Waals surface area contributed by atoms with Gasteiger partial charge >= 0.3 is 6.18 Å². The molecule has 1 heterocycles. The Bertz CT molecular complexity index is 681. The molecule has 1 aromatic rings. The molecule has 8 heteroatoms. The van der Waals surface area contributed by atoms with Crippen LogP contribution in [0.15, 0.2) is 29.2 Å². The van der Waals surface area contributed by atoms with Gasteiger partial charge in [0.15, 0.2) is 0 Å². The van der Waals surface area contributed by atoms with E-state index in [4.69, 9.17) is 4.74 Å². The zero-order valence-corrected chi connectivity index (χ0v) is 13.2. The summed E-state index contributed by atoms with van der Waals surface area (Å²) in [4.78, 5) is -0.707. The number of benzene rings is 1. The number of halogens is 3. The number of ether oxygens (including phenoxy) is 1. The summed E-state index contributed by atoms with van der Waals surface area (Å²) in [6.07, 6.45) is -1.71. The lowest BCUT2D eigenvalue weighted by Crippen LogP contribution is -2.57. The highest BCUT2D eigenvalue weighted by atomic mass is 32.2. The van der Waals surface area contributed by atoms with Crippen LogP contribution < -0.4 is 4.72 Å². The minimum Gasteiger partial charge on any atom is -0.381 e. The van der Waals surface area contributed by atoms with Crippen LogP contribution in [0.3, 0.4) is 0 Å². The van der Waals surface area contributed by atoms with Crippen molar-refractivity contribution in [3.63, 3.8) is 0 Å². The molecule has 128 valence electrons. The van der Waals surface area contributed by atoms with Gasteiger partial charge in [0.05, 0.1) is 10.5 Å². The molecule has 0 bridgehead atoms.